The van der Waals surface area contributed by atoms with Crippen molar-refractivity contribution >= 4 is 11.8 Å². The first-order valence-electron chi connectivity index (χ1n) is 3.17. The number of esters is 1. The lowest BCUT2D eigenvalue weighted by Crippen LogP contribution is -2.02. The van der Waals surface area contributed by atoms with E-state index in [1.807, 2.05) is 0 Å². The molecule has 4 heteroatoms. The standard InChI is InChI=1S/C6H10O3.CH4O/c1-5(7)3-4-6(8)9-2;1-2/h3-4H2,1-2H3;2H,1H3. The Hall–Kier alpha value is -0.900. The van der Waals surface area contributed by atoms with E-state index in [0.717, 1.165) is 7.11 Å². The van der Waals surface area contributed by atoms with E-state index in [4.69, 9.17) is 5.11 Å². The molecule has 0 atom stereocenters. The average Bonchev–Trinajstić information content (AvgIpc) is 2.04. The number of methoxy groups -OCH3 is 1. The zero-order valence-corrected chi connectivity index (χ0v) is 7.09. The smallest absolute Gasteiger partial charge is 0.305 e. The molecule has 0 saturated heterocycles. The molecule has 4 nitrogen and oxygen atoms in total. The van der Waals surface area contributed by atoms with Crippen LogP contribution in [0.4, 0.5) is 0 Å². The van der Waals surface area contributed by atoms with Gasteiger partial charge in [-0.05, 0) is 6.92 Å². The van der Waals surface area contributed by atoms with E-state index in [-0.39, 0.29) is 24.6 Å². The van der Waals surface area contributed by atoms with Gasteiger partial charge in [0.2, 0.25) is 0 Å². The molecule has 0 aliphatic rings. The monoisotopic (exact) mass is 162 g/mol. The summed E-state index contributed by atoms with van der Waals surface area (Å²) in [6.07, 6.45) is 0.485. The Labute approximate surface area is 66.2 Å². The number of aliphatic hydroxyl groups excluding tert-OH is 1. The molecule has 0 aromatic carbocycles. The second kappa shape index (κ2) is 9.10. The third kappa shape index (κ3) is 12.3. The van der Waals surface area contributed by atoms with Crippen LogP contribution >= 0.6 is 0 Å². The molecule has 0 spiro atoms. The van der Waals surface area contributed by atoms with Gasteiger partial charge in [-0.25, -0.2) is 0 Å². The lowest BCUT2D eigenvalue weighted by atomic mass is 10.2. The average molecular weight is 162 g/mol. The van der Waals surface area contributed by atoms with Crippen molar-refractivity contribution in [3.63, 3.8) is 0 Å². The van der Waals surface area contributed by atoms with E-state index in [9.17, 15) is 9.59 Å². The second-order valence-electron chi connectivity index (χ2n) is 1.78. The summed E-state index contributed by atoms with van der Waals surface area (Å²) in [6.45, 7) is 1.45. The molecule has 0 rings (SSSR count). The summed E-state index contributed by atoms with van der Waals surface area (Å²) in [4.78, 5) is 20.6. The van der Waals surface area contributed by atoms with Crippen molar-refractivity contribution in [3.05, 3.63) is 0 Å². The van der Waals surface area contributed by atoms with Gasteiger partial charge >= 0.3 is 5.97 Å². The SMILES string of the molecule is CO.COC(=O)CCC(C)=O. The molecule has 0 radical (unpaired) electrons. The van der Waals surface area contributed by atoms with Crippen LogP contribution in [0.5, 0.6) is 0 Å². The molecular weight excluding hydrogens is 148 g/mol. The molecule has 0 saturated carbocycles. The van der Waals surface area contributed by atoms with Gasteiger partial charge in [-0.1, -0.05) is 0 Å². The minimum atomic E-state index is -0.329. The zero-order chi connectivity index (χ0) is 9.28. The molecular formula is C7H14O4. The summed E-state index contributed by atoms with van der Waals surface area (Å²) >= 11 is 0. The maximum atomic E-state index is 10.3. The summed E-state index contributed by atoms with van der Waals surface area (Å²) in [5.74, 6) is -0.314. The van der Waals surface area contributed by atoms with Crippen LogP contribution in [-0.2, 0) is 14.3 Å². The molecule has 0 aromatic rings. The van der Waals surface area contributed by atoms with Crippen molar-refractivity contribution in [1.82, 2.24) is 0 Å². The number of ketones is 1. The van der Waals surface area contributed by atoms with Crippen LogP contribution in [0.2, 0.25) is 0 Å². The van der Waals surface area contributed by atoms with Crippen molar-refractivity contribution in [2.75, 3.05) is 14.2 Å². The molecule has 11 heavy (non-hydrogen) atoms. The molecule has 0 heterocycles. The second-order valence-corrected chi connectivity index (χ2v) is 1.78. The van der Waals surface area contributed by atoms with Gasteiger partial charge in [0.15, 0.2) is 0 Å². The fourth-order valence-electron chi connectivity index (χ4n) is 0.380. The summed E-state index contributed by atoms with van der Waals surface area (Å²) < 4.78 is 4.31. The molecule has 0 bridgehead atoms. The van der Waals surface area contributed by atoms with Crippen LogP contribution in [0.1, 0.15) is 19.8 Å². The van der Waals surface area contributed by atoms with Gasteiger partial charge in [-0.15, -0.1) is 0 Å². The summed E-state index contributed by atoms with van der Waals surface area (Å²) in [7, 11) is 2.31. The van der Waals surface area contributed by atoms with Gasteiger partial charge in [-0.2, -0.15) is 0 Å². The predicted molar refractivity (Wildman–Crippen MR) is 40.1 cm³/mol. The maximum absolute atomic E-state index is 10.3. The molecule has 0 unspecified atom stereocenters. The van der Waals surface area contributed by atoms with Gasteiger partial charge in [-0.3, -0.25) is 4.79 Å². The highest BCUT2D eigenvalue weighted by Crippen LogP contribution is 1.91. The number of carbonyl (C=O) groups is 2. The van der Waals surface area contributed by atoms with Crippen molar-refractivity contribution in [2.24, 2.45) is 0 Å². The first-order chi connectivity index (χ1) is 5.16. The molecule has 0 aliphatic heterocycles. The Morgan fingerprint density at radius 3 is 2.00 bits per heavy atom. The molecule has 0 fully saturated rings. The van der Waals surface area contributed by atoms with Crippen LogP contribution in [0.3, 0.4) is 0 Å². The molecule has 0 aromatic heterocycles. The Balaban J connectivity index is 0. The Morgan fingerprint density at radius 1 is 1.27 bits per heavy atom. The topological polar surface area (TPSA) is 63.6 Å². The molecule has 66 valence electrons. The highest BCUT2D eigenvalue weighted by molar-refractivity contribution is 5.80. The number of Topliss-reactive ketones (excluding diaryl/α,β-unsaturated/α-hetero) is 1. The quantitative estimate of drug-likeness (QED) is 0.599. The Morgan fingerprint density at radius 2 is 1.73 bits per heavy atom. The first kappa shape index (κ1) is 12.7. The molecule has 0 amide bonds. The lowest BCUT2D eigenvalue weighted by Gasteiger charge is -1.93. The van der Waals surface area contributed by atoms with E-state index >= 15 is 0 Å². The van der Waals surface area contributed by atoms with Crippen molar-refractivity contribution < 1.29 is 19.4 Å². The maximum Gasteiger partial charge on any atom is 0.305 e. The third-order valence-corrected chi connectivity index (χ3v) is 0.909. The minimum absolute atomic E-state index is 0.0143. The predicted octanol–water partition coefficient (Wildman–Crippen LogP) is 0.137. The summed E-state index contributed by atoms with van der Waals surface area (Å²) in [5.41, 5.74) is 0. The van der Waals surface area contributed by atoms with Crippen molar-refractivity contribution in [3.8, 4) is 0 Å². The summed E-state index contributed by atoms with van der Waals surface area (Å²) in [5, 5.41) is 7.00. The largest absolute Gasteiger partial charge is 0.469 e. The molecule has 1 N–H and O–H groups in total. The normalized spacial score (nSPS) is 7.64. The van der Waals surface area contributed by atoms with Crippen molar-refractivity contribution in [1.29, 1.82) is 0 Å². The van der Waals surface area contributed by atoms with E-state index in [1.54, 1.807) is 0 Å². The zero-order valence-electron chi connectivity index (χ0n) is 7.09. The van der Waals surface area contributed by atoms with Crippen LogP contribution in [-0.4, -0.2) is 31.1 Å². The number of rotatable bonds is 3. The summed E-state index contributed by atoms with van der Waals surface area (Å²) in [6, 6.07) is 0. The van der Waals surface area contributed by atoms with Crippen LogP contribution < -0.4 is 0 Å². The fraction of sp³-hybridized carbons (Fsp3) is 0.714. The van der Waals surface area contributed by atoms with E-state index in [2.05, 4.69) is 4.74 Å². The fourth-order valence-corrected chi connectivity index (χ4v) is 0.380. The van der Waals surface area contributed by atoms with Crippen LogP contribution in [0.25, 0.3) is 0 Å². The lowest BCUT2D eigenvalue weighted by molar-refractivity contribution is -0.141. The van der Waals surface area contributed by atoms with Gasteiger partial charge < -0.3 is 14.6 Å². The van der Waals surface area contributed by atoms with Gasteiger partial charge in [0, 0.05) is 13.5 Å². The minimum Gasteiger partial charge on any atom is -0.469 e. The number of hydrogen-bond acceptors (Lipinski definition) is 4. The molecule has 0 aliphatic carbocycles. The number of ether oxygens (including phenoxy) is 1. The van der Waals surface area contributed by atoms with Crippen LogP contribution in [0, 0.1) is 0 Å². The highest BCUT2D eigenvalue weighted by atomic mass is 16.5. The van der Waals surface area contributed by atoms with E-state index < -0.39 is 0 Å². The van der Waals surface area contributed by atoms with Gasteiger partial charge in [0.25, 0.3) is 0 Å². The van der Waals surface area contributed by atoms with E-state index in [1.165, 1.54) is 14.0 Å². The first-order valence-corrected chi connectivity index (χ1v) is 3.17. The van der Waals surface area contributed by atoms with Gasteiger partial charge in [0.05, 0.1) is 13.5 Å². The Kier molecular flexibility index (Phi) is 10.5. The highest BCUT2D eigenvalue weighted by Gasteiger charge is 2.00. The number of carbonyl (C=O) groups excluding carboxylic acids is 2. The Bertz CT molecular complexity index is 120. The third-order valence-electron chi connectivity index (χ3n) is 0.909. The van der Waals surface area contributed by atoms with Crippen LogP contribution in [0.15, 0.2) is 0 Å². The van der Waals surface area contributed by atoms with Crippen molar-refractivity contribution in [2.45, 2.75) is 19.8 Å². The number of aliphatic hydroxyl groups is 1. The number of hydrogen-bond donors (Lipinski definition) is 1. The van der Waals surface area contributed by atoms with E-state index in [0.29, 0.717) is 0 Å². The van der Waals surface area contributed by atoms with Gasteiger partial charge in [0.1, 0.15) is 5.78 Å².